The summed E-state index contributed by atoms with van der Waals surface area (Å²) in [4.78, 5) is 18.9. The first-order valence-electron chi connectivity index (χ1n) is 7.72. The van der Waals surface area contributed by atoms with Crippen LogP contribution in [-0.4, -0.2) is 57.4 Å². The molecule has 0 bridgehead atoms. The van der Waals surface area contributed by atoms with Crippen molar-refractivity contribution < 1.29 is 14.6 Å². The highest BCUT2D eigenvalue weighted by Gasteiger charge is 2.31. The summed E-state index contributed by atoms with van der Waals surface area (Å²) in [5, 5.41) is 9.32. The summed E-state index contributed by atoms with van der Waals surface area (Å²) >= 11 is 0. The van der Waals surface area contributed by atoms with Crippen LogP contribution in [0.3, 0.4) is 0 Å². The van der Waals surface area contributed by atoms with Crippen molar-refractivity contribution >= 4 is 5.91 Å². The van der Waals surface area contributed by atoms with E-state index < -0.39 is 0 Å². The van der Waals surface area contributed by atoms with Crippen LogP contribution < -0.4 is 0 Å². The van der Waals surface area contributed by atoms with E-state index in [9.17, 15) is 9.90 Å². The number of hydrogen-bond acceptors (Lipinski definition) is 4. The van der Waals surface area contributed by atoms with E-state index in [0.29, 0.717) is 18.7 Å². The first kappa shape index (κ1) is 15.7. The Hall–Kier alpha value is -2.18. The monoisotopic (exact) mass is 315 g/mol. The number of morpholine rings is 1. The van der Waals surface area contributed by atoms with Crippen molar-refractivity contribution in [3.8, 4) is 5.69 Å². The van der Waals surface area contributed by atoms with Gasteiger partial charge in [0, 0.05) is 18.9 Å². The molecule has 23 heavy (non-hydrogen) atoms. The molecule has 2 heterocycles. The van der Waals surface area contributed by atoms with Crippen molar-refractivity contribution in [3.63, 3.8) is 0 Å². The van der Waals surface area contributed by atoms with Gasteiger partial charge in [-0.2, -0.15) is 0 Å². The predicted octanol–water partition coefficient (Wildman–Crippen LogP) is 1.40. The maximum absolute atomic E-state index is 13.1. The summed E-state index contributed by atoms with van der Waals surface area (Å²) < 4.78 is 7.36. The quantitative estimate of drug-likeness (QED) is 0.930. The molecule has 0 saturated carbocycles. The molecule has 6 heteroatoms. The van der Waals surface area contributed by atoms with Gasteiger partial charge in [-0.25, -0.2) is 4.98 Å². The number of carbonyl (C=O) groups excluding carboxylic acids is 1. The zero-order chi connectivity index (χ0) is 16.4. The highest BCUT2D eigenvalue weighted by molar-refractivity contribution is 5.98. The minimum atomic E-state index is -0.323. The normalized spacial score (nSPS) is 21.4. The van der Waals surface area contributed by atoms with Crippen LogP contribution >= 0.6 is 0 Å². The zero-order valence-electron chi connectivity index (χ0n) is 13.3. The van der Waals surface area contributed by atoms with Crippen LogP contribution in [0.5, 0.6) is 0 Å². The van der Waals surface area contributed by atoms with E-state index in [1.165, 1.54) is 0 Å². The Morgan fingerprint density at radius 1 is 1.48 bits per heavy atom. The summed E-state index contributed by atoms with van der Waals surface area (Å²) in [7, 11) is 0. The van der Waals surface area contributed by atoms with Crippen LogP contribution in [-0.2, 0) is 4.74 Å². The first-order chi connectivity index (χ1) is 11.1. The number of aryl methyl sites for hydroxylation is 1. The average Bonchev–Trinajstić information content (AvgIpc) is 3.09. The van der Waals surface area contributed by atoms with E-state index in [-0.39, 0.29) is 24.7 Å². The largest absolute Gasteiger partial charge is 0.394 e. The number of rotatable bonds is 3. The lowest BCUT2D eigenvalue weighted by Crippen LogP contribution is -2.52. The highest BCUT2D eigenvalue weighted by atomic mass is 16.5. The third-order valence-electron chi connectivity index (χ3n) is 4.14. The van der Waals surface area contributed by atoms with Crippen LogP contribution in [0.15, 0.2) is 36.9 Å². The van der Waals surface area contributed by atoms with E-state index in [0.717, 1.165) is 11.3 Å². The molecule has 1 fully saturated rings. The van der Waals surface area contributed by atoms with E-state index in [4.69, 9.17) is 4.74 Å². The van der Waals surface area contributed by atoms with Gasteiger partial charge in [0.1, 0.15) is 0 Å². The molecule has 1 aromatic carbocycles. The Kier molecular flexibility index (Phi) is 4.45. The lowest BCUT2D eigenvalue weighted by atomic mass is 10.1. The Morgan fingerprint density at radius 3 is 3.00 bits per heavy atom. The number of hydrogen-bond donors (Lipinski definition) is 1. The molecule has 1 aliphatic rings. The first-order valence-corrected chi connectivity index (χ1v) is 7.72. The molecule has 1 aromatic heterocycles. The third kappa shape index (κ3) is 3.13. The standard InChI is InChI=1S/C17H21N3O3/c1-12-3-4-16(19-6-5-18-11-19)15(7-12)17(22)20-8-14(9-21)23-10-13(20)2/h3-7,11,13-14,21H,8-10H2,1-2H3. The van der Waals surface area contributed by atoms with E-state index in [2.05, 4.69) is 4.98 Å². The topological polar surface area (TPSA) is 67.6 Å². The Bertz CT molecular complexity index is 684. The Balaban J connectivity index is 1.97. The van der Waals surface area contributed by atoms with Gasteiger partial charge in [-0.3, -0.25) is 4.79 Å². The molecule has 1 amide bonds. The predicted molar refractivity (Wildman–Crippen MR) is 85.6 cm³/mol. The molecule has 1 aliphatic heterocycles. The second kappa shape index (κ2) is 6.52. The van der Waals surface area contributed by atoms with Crippen LogP contribution in [0, 0.1) is 6.92 Å². The Labute approximate surface area is 135 Å². The van der Waals surface area contributed by atoms with Gasteiger partial charge >= 0.3 is 0 Å². The van der Waals surface area contributed by atoms with Gasteiger partial charge in [0.2, 0.25) is 0 Å². The molecule has 3 rings (SSSR count). The molecule has 6 nitrogen and oxygen atoms in total. The highest BCUT2D eigenvalue weighted by Crippen LogP contribution is 2.22. The van der Waals surface area contributed by atoms with Crippen LogP contribution in [0.25, 0.3) is 5.69 Å². The summed E-state index contributed by atoms with van der Waals surface area (Å²) in [6.07, 6.45) is 4.87. The van der Waals surface area contributed by atoms with Gasteiger partial charge in [0.05, 0.1) is 42.9 Å². The number of aliphatic hydroxyl groups is 1. The number of benzene rings is 1. The fraction of sp³-hybridized carbons (Fsp3) is 0.412. The second-order valence-corrected chi connectivity index (χ2v) is 5.94. The minimum Gasteiger partial charge on any atom is -0.394 e. The maximum atomic E-state index is 13.1. The molecular weight excluding hydrogens is 294 g/mol. The lowest BCUT2D eigenvalue weighted by molar-refractivity contribution is -0.0667. The molecule has 2 atom stereocenters. The summed E-state index contributed by atoms with van der Waals surface area (Å²) in [6, 6.07) is 5.78. The van der Waals surface area contributed by atoms with Crippen molar-refractivity contribution in [1.82, 2.24) is 14.5 Å². The molecule has 1 saturated heterocycles. The number of amides is 1. The third-order valence-corrected chi connectivity index (χ3v) is 4.14. The van der Waals surface area contributed by atoms with Gasteiger partial charge in [-0.05, 0) is 26.0 Å². The number of aromatic nitrogens is 2. The molecule has 122 valence electrons. The van der Waals surface area contributed by atoms with Crippen molar-refractivity contribution in [2.75, 3.05) is 19.8 Å². The Morgan fingerprint density at radius 2 is 2.30 bits per heavy atom. The van der Waals surface area contributed by atoms with Crippen LogP contribution in [0.4, 0.5) is 0 Å². The molecule has 0 spiro atoms. The van der Waals surface area contributed by atoms with Gasteiger partial charge in [0.25, 0.3) is 5.91 Å². The van der Waals surface area contributed by atoms with E-state index in [1.54, 1.807) is 17.4 Å². The average molecular weight is 315 g/mol. The number of imidazole rings is 1. The molecule has 2 aromatic rings. The van der Waals surface area contributed by atoms with Crippen molar-refractivity contribution in [2.24, 2.45) is 0 Å². The summed E-state index contributed by atoms with van der Waals surface area (Å²) in [6.45, 7) is 4.67. The van der Waals surface area contributed by atoms with E-state index in [1.807, 2.05) is 42.8 Å². The zero-order valence-corrected chi connectivity index (χ0v) is 13.3. The molecular formula is C17H21N3O3. The van der Waals surface area contributed by atoms with Crippen LogP contribution in [0.2, 0.25) is 0 Å². The number of ether oxygens (including phenoxy) is 1. The molecule has 0 radical (unpaired) electrons. The van der Waals surface area contributed by atoms with Crippen molar-refractivity contribution in [2.45, 2.75) is 26.0 Å². The van der Waals surface area contributed by atoms with Crippen molar-refractivity contribution in [1.29, 1.82) is 0 Å². The van der Waals surface area contributed by atoms with Gasteiger partial charge < -0.3 is 19.3 Å². The van der Waals surface area contributed by atoms with Gasteiger partial charge in [0.15, 0.2) is 0 Å². The van der Waals surface area contributed by atoms with Crippen molar-refractivity contribution in [3.05, 3.63) is 48.0 Å². The SMILES string of the molecule is Cc1ccc(-n2ccnc2)c(C(=O)N2CC(CO)OCC2C)c1. The van der Waals surface area contributed by atoms with Crippen LogP contribution in [0.1, 0.15) is 22.8 Å². The molecule has 0 aliphatic carbocycles. The second-order valence-electron chi connectivity index (χ2n) is 5.94. The van der Waals surface area contributed by atoms with Gasteiger partial charge in [-0.15, -0.1) is 0 Å². The summed E-state index contributed by atoms with van der Waals surface area (Å²) in [5.41, 5.74) is 2.46. The maximum Gasteiger partial charge on any atom is 0.256 e. The van der Waals surface area contributed by atoms with E-state index >= 15 is 0 Å². The van der Waals surface area contributed by atoms with Gasteiger partial charge in [-0.1, -0.05) is 11.6 Å². The number of carbonyl (C=O) groups is 1. The molecule has 1 N–H and O–H groups in total. The fourth-order valence-corrected chi connectivity index (χ4v) is 2.81. The molecule has 2 unspecified atom stereocenters. The number of nitrogens with zero attached hydrogens (tertiary/aromatic N) is 3. The smallest absolute Gasteiger partial charge is 0.256 e. The number of aliphatic hydroxyl groups excluding tert-OH is 1. The lowest BCUT2D eigenvalue weighted by Gasteiger charge is -2.37. The summed E-state index contributed by atoms with van der Waals surface area (Å²) in [5.74, 6) is -0.0494. The minimum absolute atomic E-state index is 0.0264. The fourth-order valence-electron chi connectivity index (χ4n) is 2.81.